The van der Waals surface area contributed by atoms with Crippen LogP contribution in [-0.4, -0.2) is 44.1 Å². The molecule has 1 aliphatic carbocycles. The highest BCUT2D eigenvalue weighted by atomic mass is 35.5. The van der Waals surface area contributed by atoms with Gasteiger partial charge in [-0.05, 0) is 73.0 Å². The first-order chi connectivity index (χ1) is 19.4. The number of amides is 1. The summed E-state index contributed by atoms with van der Waals surface area (Å²) in [7, 11) is 0. The molecule has 6 rings (SSSR count). The lowest BCUT2D eigenvalue weighted by Crippen LogP contribution is -2.48. The van der Waals surface area contributed by atoms with Crippen LogP contribution in [-0.2, 0) is 17.7 Å². The van der Waals surface area contributed by atoms with Crippen molar-refractivity contribution in [2.45, 2.75) is 38.8 Å². The van der Waals surface area contributed by atoms with E-state index in [1.165, 1.54) is 5.56 Å². The van der Waals surface area contributed by atoms with Crippen LogP contribution in [0.3, 0.4) is 0 Å². The number of benzene rings is 2. The Kier molecular flexibility index (Phi) is 7.29. The fourth-order valence-electron chi connectivity index (χ4n) is 5.60. The second-order valence-electron chi connectivity index (χ2n) is 10.4. The number of nitrogens with one attached hydrogen (secondary N) is 1. The predicted octanol–water partition coefficient (Wildman–Crippen LogP) is 7.12. The third kappa shape index (κ3) is 5.33. The minimum absolute atomic E-state index is 0.290. The number of halogens is 2. The molecule has 0 spiro atoms. The van der Waals surface area contributed by atoms with Crippen LogP contribution in [0.25, 0.3) is 10.9 Å². The number of aryl methyl sites for hydroxylation is 1. The fourth-order valence-corrected chi connectivity index (χ4v) is 5.90. The van der Waals surface area contributed by atoms with Crippen molar-refractivity contribution in [3.63, 3.8) is 0 Å². The molecule has 40 heavy (non-hydrogen) atoms. The van der Waals surface area contributed by atoms with Crippen molar-refractivity contribution in [3.05, 3.63) is 100 Å². The lowest BCUT2D eigenvalue weighted by atomic mass is 9.72. The highest BCUT2D eigenvalue weighted by Crippen LogP contribution is 2.49. The average molecular weight is 579 g/mol. The van der Waals surface area contributed by atoms with Gasteiger partial charge in [0.15, 0.2) is 0 Å². The lowest BCUT2D eigenvalue weighted by Gasteiger charge is -2.45. The predicted molar refractivity (Wildman–Crippen MR) is 154 cm³/mol. The zero-order valence-corrected chi connectivity index (χ0v) is 23.5. The summed E-state index contributed by atoms with van der Waals surface area (Å²) in [6.07, 6.45) is 11.4. The van der Waals surface area contributed by atoms with Gasteiger partial charge in [0.25, 0.3) is 0 Å². The van der Waals surface area contributed by atoms with E-state index in [2.05, 4.69) is 34.3 Å². The molecule has 3 heterocycles. The van der Waals surface area contributed by atoms with E-state index < -0.39 is 11.5 Å². The van der Waals surface area contributed by atoms with Crippen molar-refractivity contribution in [1.82, 2.24) is 24.9 Å². The first-order valence-corrected chi connectivity index (χ1v) is 14.1. The second-order valence-corrected chi connectivity index (χ2v) is 11.2. The number of aromatic amines is 1. The Balaban J connectivity index is 1.25. The standard InChI is InChI=1S/C30H29Cl2N5O3/c1-30(12-9-22(10-13-30)39-18-2-16-37-33-14-15-34-37)28-27-24(25-19-21(32)5-8-26(25)35-27)11-17-36(28)29(38)40-23-6-3-20(31)4-7-23/h3-10,12,14-15,19,28,35H,2,11,13,16-18H2,1H3/t28-,30?/m1/s1. The van der Waals surface area contributed by atoms with Crippen molar-refractivity contribution in [2.24, 2.45) is 5.41 Å². The normalized spacial score (nSPS) is 20.3. The van der Waals surface area contributed by atoms with E-state index in [4.69, 9.17) is 32.7 Å². The Hall–Kier alpha value is -3.75. The molecular weight excluding hydrogens is 549 g/mol. The minimum atomic E-state index is -0.412. The minimum Gasteiger partial charge on any atom is -0.494 e. The van der Waals surface area contributed by atoms with E-state index >= 15 is 0 Å². The zero-order valence-electron chi connectivity index (χ0n) is 22.0. The maximum absolute atomic E-state index is 13.6. The SMILES string of the molecule is CC1([C@H]2c3[nH]c4ccc(Cl)cc4c3CCN2C(=O)Oc2ccc(Cl)cc2)C=CC(OCCCn2nccn2)=CC1. The number of allylic oxidation sites excluding steroid dienone is 2. The van der Waals surface area contributed by atoms with Gasteiger partial charge < -0.3 is 14.5 Å². The van der Waals surface area contributed by atoms with Gasteiger partial charge in [-0.1, -0.05) is 36.2 Å². The number of aromatic nitrogens is 4. The number of hydrogen-bond donors (Lipinski definition) is 1. The maximum Gasteiger partial charge on any atom is 0.415 e. The van der Waals surface area contributed by atoms with Crippen LogP contribution in [0.4, 0.5) is 4.79 Å². The highest BCUT2D eigenvalue weighted by molar-refractivity contribution is 6.31. The van der Waals surface area contributed by atoms with Crippen molar-refractivity contribution in [2.75, 3.05) is 13.2 Å². The zero-order chi connectivity index (χ0) is 27.7. The molecule has 1 aliphatic heterocycles. The monoisotopic (exact) mass is 577 g/mol. The summed E-state index contributed by atoms with van der Waals surface area (Å²) in [5.41, 5.74) is 2.78. The molecule has 0 bridgehead atoms. The van der Waals surface area contributed by atoms with Gasteiger partial charge in [0.1, 0.15) is 11.5 Å². The Labute approximate surface area is 242 Å². The molecule has 1 amide bonds. The van der Waals surface area contributed by atoms with Gasteiger partial charge in [-0.25, -0.2) is 4.79 Å². The largest absolute Gasteiger partial charge is 0.494 e. The highest BCUT2D eigenvalue weighted by Gasteiger charge is 2.45. The van der Waals surface area contributed by atoms with Crippen molar-refractivity contribution in [3.8, 4) is 5.75 Å². The van der Waals surface area contributed by atoms with Gasteiger partial charge in [-0.3, -0.25) is 4.90 Å². The Bertz CT molecular complexity index is 1580. The Morgan fingerprint density at radius 3 is 2.65 bits per heavy atom. The number of H-pyrrole nitrogens is 1. The van der Waals surface area contributed by atoms with Crippen LogP contribution in [0.15, 0.2) is 78.8 Å². The number of fused-ring (bicyclic) bond motifs is 3. The van der Waals surface area contributed by atoms with Gasteiger partial charge >= 0.3 is 6.09 Å². The maximum atomic E-state index is 13.6. The molecule has 2 atom stereocenters. The number of nitrogens with zero attached hydrogens (tertiary/aromatic N) is 4. The van der Waals surface area contributed by atoms with Crippen molar-refractivity contribution >= 4 is 40.2 Å². The van der Waals surface area contributed by atoms with Crippen LogP contribution in [0.1, 0.15) is 37.1 Å². The van der Waals surface area contributed by atoms with Crippen LogP contribution in [0.2, 0.25) is 10.0 Å². The first kappa shape index (κ1) is 26.5. The summed E-state index contributed by atoms with van der Waals surface area (Å²) < 4.78 is 11.8. The molecule has 1 N–H and O–H groups in total. The summed E-state index contributed by atoms with van der Waals surface area (Å²) in [6, 6.07) is 12.4. The van der Waals surface area contributed by atoms with Crippen LogP contribution < -0.4 is 4.74 Å². The Morgan fingerprint density at radius 1 is 1.12 bits per heavy atom. The molecule has 2 aromatic carbocycles. The molecule has 2 aromatic heterocycles. The quantitative estimate of drug-likeness (QED) is 0.236. The van der Waals surface area contributed by atoms with Crippen LogP contribution in [0, 0.1) is 5.41 Å². The van der Waals surface area contributed by atoms with E-state index in [1.54, 1.807) is 41.5 Å². The Morgan fingerprint density at radius 2 is 1.90 bits per heavy atom. The lowest BCUT2D eigenvalue weighted by molar-refractivity contribution is 0.0824. The molecule has 10 heteroatoms. The molecule has 206 valence electrons. The van der Waals surface area contributed by atoms with Gasteiger partial charge in [0.2, 0.25) is 0 Å². The summed E-state index contributed by atoms with van der Waals surface area (Å²) in [6.45, 7) is 3.94. The van der Waals surface area contributed by atoms with Gasteiger partial charge in [0, 0.05) is 45.0 Å². The van der Waals surface area contributed by atoms with Gasteiger partial charge in [-0.2, -0.15) is 15.0 Å². The number of ether oxygens (including phenoxy) is 2. The number of hydrogen-bond acceptors (Lipinski definition) is 5. The van der Waals surface area contributed by atoms with Crippen LogP contribution in [0.5, 0.6) is 5.75 Å². The van der Waals surface area contributed by atoms with E-state index in [9.17, 15) is 4.79 Å². The fraction of sp³-hybridized carbons (Fsp3) is 0.300. The molecule has 0 radical (unpaired) electrons. The second kappa shape index (κ2) is 11.0. The van der Waals surface area contributed by atoms with E-state index in [0.717, 1.165) is 28.8 Å². The molecule has 0 fully saturated rings. The van der Waals surface area contributed by atoms with Crippen molar-refractivity contribution in [1.29, 1.82) is 0 Å². The topological polar surface area (TPSA) is 85.3 Å². The third-order valence-corrected chi connectivity index (χ3v) is 8.06. The molecule has 4 aromatic rings. The summed E-state index contributed by atoms with van der Waals surface area (Å²) >= 11 is 12.4. The number of rotatable bonds is 7. The first-order valence-electron chi connectivity index (χ1n) is 13.3. The van der Waals surface area contributed by atoms with Gasteiger partial charge in [-0.15, -0.1) is 0 Å². The summed E-state index contributed by atoms with van der Waals surface area (Å²) in [4.78, 5) is 20.7. The number of carbonyl (C=O) groups excluding carboxylic acids is 1. The van der Waals surface area contributed by atoms with Gasteiger partial charge in [0.05, 0.1) is 31.6 Å². The van der Waals surface area contributed by atoms with Crippen LogP contribution >= 0.6 is 23.2 Å². The smallest absolute Gasteiger partial charge is 0.415 e. The van der Waals surface area contributed by atoms with E-state index in [0.29, 0.717) is 48.3 Å². The summed E-state index contributed by atoms with van der Waals surface area (Å²) in [5, 5.41) is 10.6. The molecule has 2 aliphatic rings. The molecule has 0 saturated heterocycles. The van der Waals surface area contributed by atoms with E-state index in [1.807, 2.05) is 29.2 Å². The third-order valence-electron chi connectivity index (χ3n) is 7.58. The molecule has 1 unspecified atom stereocenters. The average Bonchev–Trinajstić information content (AvgIpc) is 3.60. The summed E-state index contributed by atoms with van der Waals surface area (Å²) in [5.74, 6) is 1.27. The van der Waals surface area contributed by atoms with E-state index in [-0.39, 0.29) is 6.04 Å². The molecule has 8 nitrogen and oxygen atoms in total. The molecule has 0 saturated carbocycles. The molecular formula is C30H29Cl2N5O3. The number of carbonyl (C=O) groups is 1. The van der Waals surface area contributed by atoms with Crippen molar-refractivity contribution < 1.29 is 14.3 Å².